The Balaban J connectivity index is 2.06. The Labute approximate surface area is 111 Å². The predicted molar refractivity (Wildman–Crippen MR) is 66.0 cm³/mol. The zero-order valence-electron chi connectivity index (χ0n) is 10.5. The molecule has 4 nitrogen and oxygen atoms in total. The fraction of sp³-hybridized carbons (Fsp3) is 0.231. The number of aromatic nitrogens is 3. The lowest BCUT2D eigenvalue weighted by atomic mass is 10.2. The molecule has 0 saturated carbocycles. The molecule has 3 aromatic rings. The molecule has 0 aliphatic rings. The van der Waals surface area contributed by atoms with E-state index in [1.54, 1.807) is 6.07 Å². The van der Waals surface area contributed by atoms with Crippen LogP contribution in [0.25, 0.3) is 22.6 Å². The summed E-state index contributed by atoms with van der Waals surface area (Å²) in [6, 6.07) is 5.08. The molecule has 0 saturated heterocycles. The van der Waals surface area contributed by atoms with Crippen LogP contribution in [0.3, 0.4) is 0 Å². The van der Waals surface area contributed by atoms with Crippen molar-refractivity contribution in [1.29, 1.82) is 0 Å². The Bertz CT molecular complexity index is 758. The van der Waals surface area contributed by atoms with Crippen molar-refractivity contribution in [2.45, 2.75) is 19.5 Å². The Kier molecular flexibility index (Phi) is 2.77. The van der Waals surface area contributed by atoms with E-state index in [1.807, 2.05) is 6.92 Å². The summed E-state index contributed by atoms with van der Waals surface area (Å²) >= 11 is 0. The third kappa shape index (κ3) is 2.15. The topological polar surface area (TPSA) is 54.7 Å². The largest absolute Gasteiger partial charge is 0.416 e. The van der Waals surface area contributed by atoms with Gasteiger partial charge in [0.05, 0.1) is 16.6 Å². The van der Waals surface area contributed by atoms with Crippen molar-refractivity contribution >= 4 is 11.0 Å². The van der Waals surface area contributed by atoms with Crippen molar-refractivity contribution in [3.05, 3.63) is 35.6 Å². The molecule has 3 rings (SSSR count). The number of alkyl halides is 3. The van der Waals surface area contributed by atoms with Gasteiger partial charge < -0.3 is 9.51 Å². The SMILES string of the molecule is CCc1cc(-c2nc3ccc(C(F)(F)F)cc3[nH]2)no1. The summed E-state index contributed by atoms with van der Waals surface area (Å²) in [7, 11) is 0. The second-order valence-corrected chi connectivity index (χ2v) is 4.35. The zero-order valence-corrected chi connectivity index (χ0v) is 10.5. The van der Waals surface area contributed by atoms with E-state index in [4.69, 9.17) is 4.52 Å². The Morgan fingerprint density at radius 3 is 2.70 bits per heavy atom. The molecule has 0 atom stereocenters. The number of fused-ring (bicyclic) bond motifs is 1. The number of aryl methyl sites for hydroxylation is 1. The van der Waals surface area contributed by atoms with Gasteiger partial charge in [-0.3, -0.25) is 0 Å². The Morgan fingerprint density at radius 1 is 1.25 bits per heavy atom. The van der Waals surface area contributed by atoms with Crippen LogP contribution in [0.15, 0.2) is 28.8 Å². The van der Waals surface area contributed by atoms with Gasteiger partial charge in [0.1, 0.15) is 11.5 Å². The first-order chi connectivity index (χ1) is 9.47. The van der Waals surface area contributed by atoms with Crippen LogP contribution in [0, 0.1) is 0 Å². The van der Waals surface area contributed by atoms with Crippen LogP contribution >= 0.6 is 0 Å². The molecule has 0 aliphatic carbocycles. The Hall–Kier alpha value is -2.31. The van der Waals surface area contributed by atoms with Gasteiger partial charge >= 0.3 is 6.18 Å². The molecule has 2 heterocycles. The zero-order chi connectivity index (χ0) is 14.3. The van der Waals surface area contributed by atoms with Gasteiger partial charge in [0.25, 0.3) is 0 Å². The maximum Gasteiger partial charge on any atom is 0.416 e. The van der Waals surface area contributed by atoms with Gasteiger partial charge in [-0.15, -0.1) is 0 Å². The van der Waals surface area contributed by atoms with Crippen molar-refractivity contribution in [2.75, 3.05) is 0 Å². The molecule has 0 radical (unpaired) electrons. The van der Waals surface area contributed by atoms with E-state index in [2.05, 4.69) is 15.1 Å². The fourth-order valence-corrected chi connectivity index (χ4v) is 1.90. The van der Waals surface area contributed by atoms with Crippen molar-refractivity contribution in [3.63, 3.8) is 0 Å². The molecule has 0 spiro atoms. The summed E-state index contributed by atoms with van der Waals surface area (Å²) in [5.41, 5.74) is 0.533. The smallest absolute Gasteiger partial charge is 0.361 e. The fourth-order valence-electron chi connectivity index (χ4n) is 1.90. The lowest BCUT2D eigenvalue weighted by Crippen LogP contribution is -2.04. The maximum atomic E-state index is 12.6. The van der Waals surface area contributed by atoms with Gasteiger partial charge in [-0.05, 0) is 18.2 Å². The average molecular weight is 281 g/mol. The number of imidazole rings is 1. The number of H-pyrrole nitrogens is 1. The first kappa shape index (κ1) is 12.7. The van der Waals surface area contributed by atoms with E-state index in [-0.39, 0.29) is 0 Å². The maximum absolute atomic E-state index is 12.6. The highest BCUT2D eigenvalue weighted by molar-refractivity contribution is 5.79. The minimum absolute atomic E-state index is 0.316. The number of hydrogen-bond donors (Lipinski definition) is 1. The highest BCUT2D eigenvalue weighted by atomic mass is 19.4. The number of nitrogens with zero attached hydrogens (tertiary/aromatic N) is 2. The molecule has 0 bridgehead atoms. The van der Waals surface area contributed by atoms with Crippen molar-refractivity contribution in [1.82, 2.24) is 15.1 Å². The molecule has 0 fully saturated rings. The standard InChI is InChI=1S/C13H10F3N3O/c1-2-8-6-11(19-20-8)12-17-9-4-3-7(13(14,15)16)5-10(9)18-12/h3-6H,2H2,1H3,(H,17,18). The van der Waals surface area contributed by atoms with Crippen LogP contribution < -0.4 is 0 Å². The number of rotatable bonds is 2. The number of hydrogen-bond acceptors (Lipinski definition) is 3. The molecule has 1 aromatic carbocycles. The summed E-state index contributed by atoms with van der Waals surface area (Å²) < 4.78 is 43.0. The number of benzene rings is 1. The van der Waals surface area contributed by atoms with Gasteiger partial charge in [-0.25, -0.2) is 4.98 Å². The minimum Gasteiger partial charge on any atom is -0.361 e. The third-order valence-electron chi connectivity index (χ3n) is 2.96. The second-order valence-electron chi connectivity index (χ2n) is 4.35. The lowest BCUT2D eigenvalue weighted by Gasteiger charge is -2.05. The van der Waals surface area contributed by atoms with Gasteiger partial charge in [-0.2, -0.15) is 13.2 Å². The summed E-state index contributed by atoms with van der Waals surface area (Å²) in [4.78, 5) is 7.04. The molecule has 0 unspecified atom stereocenters. The molecule has 20 heavy (non-hydrogen) atoms. The third-order valence-corrected chi connectivity index (χ3v) is 2.96. The predicted octanol–water partition coefficient (Wildman–Crippen LogP) is 3.80. The average Bonchev–Trinajstić information content (AvgIpc) is 3.02. The highest BCUT2D eigenvalue weighted by Gasteiger charge is 2.30. The minimum atomic E-state index is -4.37. The van der Waals surface area contributed by atoms with Crippen LogP contribution in [-0.4, -0.2) is 15.1 Å². The van der Waals surface area contributed by atoms with Crippen molar-refractivity contribution in [2.24, 2.45) is 0 Å². The van der Waals surface area contributed by atoms with E-state index in [0.29, 0.717) is 34.7 Å². The van der Waals surface area contributed by atoms with Crippen molar-refractivity contribution < 1.29 is 17.7 Å². The second kappa shape index (κ2) is 4.36. The number of halogens is 3. The summed E-state index contributed by atoms with van der Waals surface area (Å²) in [6.07, 6.45) is -3.69. The van der Waals surface area contributed by atoms with Gasteiger partial charge in [0, 0.05) is 12.5 Å². The summed E-state index contributed by atoms with van der Waals surface area (Å²) in [5, 5.41) is 3.83. The lowest BCUT2D eigenvalue weighted by molar-refractivity contribution is -0.137. The first-order valence-electron chi connectivity index (χ1n) is 6.00. The van der Waals surface area contributed by atoms with Crippen LogP contribution in [0.2, 0.25) is 0 Å². The molecule has 0 amide bonds. The summed E-state index contributed by atoms with van der Waals surface area (Å²) in [5.74, 6) is 1.08. The van der Waals surface area contributed by atoms with E-state index in [0.717, 1.165) is 12.1 Å². The molecule has 1 N–H and O–H groups in total. The molecule has 104 valence electrons. The quantitative estimate of drug-likeness (QED) is 0.777. The van der Waals surface area contributed by atoms with Crippen LogP contribution in [0.4, 0.5) is 13.2 Å². The van der Waals surface area contributed by atoms with Gasteiger partial charge in [0.2, 0.25) is 0 Å². The van der Waals surface area contributed by atoms with Crippen LogP contribution in [0.1, 0.15) is 18.2 Å². The van der Waals surface area contributed by atoms with E-state index in [9.17, 15) is 13.2 Å². The normalized spacial score (nSPS) is 12.2. The molecular formula is C13H10F3N3O. The summed E-state index contributed by atoms with van der Waals surface area (Å²) in [6.45, 7) is 1.92. The number of aromatic amines is 1. The van der Waals surface area contributed by atoms with E-state index < -0.39 is 11.7 Å². The molecule has 0 aliphatic heterocycles. The molecular weight excluding hydrogens is 271 g/mol. The highest BCUT2D eigenvalue weighted by Crippen LogP contribution is 2.31. The Morgan fingerprint density at radius 2 is 2.05 bits per heavy atom. The van der Waals surface area contributed by atoms with E-state index in [1.165, 1.54) is 6.07 Å². The van der Waals surface area contributed by atoms with Gasteiger partial charge in [-0.1, -0.05) is 12.1 Å². The van der Waals surface area contributed by atoms with Gasteiger partial charge in [0.15, 0.2) is 5.82 Å². The number of nitrogens with one attached hydrogen (secondary N) is 1. The molecule has 7 heteroatoms. The monoisotopic (exact) mass is 281 g/mol. The first-order valence-corrected chi connectivity index (χ1v) is 6.00. The van der Waals surface area contributed by atoms with Crippen molar-refractivity contribution in [3.8, 4) is 11.5 Å². The van der Waals surface area contributed by atoms with Crippen LogP contribution in [-0.2, 0) is 12.6 Å². The molecule has 2 aromatic heterocycles. The van der Waals surface area contributed by atoms with Crippen LogP contribution in [0.5, 0.6) is 0 Å². The van der Waals surface area contributed by atoms with E-state index >= 15 is 0 Å².